The Bertz CT molecular complexity index is 701. The molecule has 108 valence electrons. The molecule has 2 aromatic rings. The summed E-state index contributed by atoms with van der Waals surface area (Å²) in [5, 5.41) is 19.0. The lowest BCUT2D eigenvalue weighted by atomic mass is 10.0. The molecule has 1 aromatic carbocycles. The van der Waals surface area contributed by atoms with E-state index in [4.69, 9.17) is 5.10 Å². The predicted molar refractivity (Wildman–Crippen MR) is 77.6 cm³/mol. The summed E-state index contributed by atoms with van der Waals surface area (Å²) in [5.41, 5.74) is 4.83. The number of rotatable bonds is 3. The number of non-ortho nitro benzene ring substituents is 1. The van der Waals surface area contributed by atoms with Crippen LogP contribution in [0.3, 0.4) is 0 Å². The van der Waals surface area contributed by atoms with Crippen LogP contribution in [-0.2, 0) is 13.0 Å². The quantitative estimate of drug-likeness (QED) is 0.693. The van der Waals surface area contributed by atoms with Gasteiger partial charge in [0.15, 0.2) is 0 Å². The number of nitro benzene ring substituents is 1. The molecule has 1 aliphatic carbocycles. The Labute approximate surface area is 121 Å². The lowest BCUT2D eigenvalue weighted by molar-refractivity contribution is -0.384. The fourth-order valence-electron chi connectivity index (χ4n) is 2.99. The van der Waals surface area contributed by atoms with Gasteiger partial charge in [0.2, 0.25) is 0 Å². The zero-order valence-corrected chi connectivity index (χ0v) is 11.6. The molecule has 1 N–H and O–H groups in total. The average Bonchev–Trinajstić information content (AvgIpc) is 3.28. The van der Waals surface area contributed by atoms with E-state index >= 15 is 0 Å². The first-order valence-electron chi connectivity index (χ1n) is 7.30. The minimum Gasteiger partial charge on any atom is -0.312 e. The van der Waals surface area contributed by atoms with Crippen LogP contribution >= 0.6 is 0 Å². The smallest absolute Gasteiger partial charge is 0.269 e. The van der Waals surface area contributed by atoms with Crippen LogP contribution in [0.2, 0.25) is 0 Å². The molecular weight excluding hydrogens is 268 g/mol. The first-order valence-corrected chi connectivity index (χ1v) is 7.30. The standard InChI is InChI=1S/C15H16N4O2/c20-19(21)12-5-3-11(4-6-12)18-14-7-8-16-9-13(14)15(17-18)10-1-2-10/h3-6,10,16H,1-2,7-9H2. The van der Waals surface area contributed by atoms with Crippen LogP contribution in [0.1, 0.15) is 35.7 Å². The highest BCUT2D eigenvalue weighted by atomic mass is 16.6. The number of hydrogen-bond donors (Lipinski definition) is 1. The highest BCUT2D eigenvalue weighted by Crippen LogP contribution is 2.42. The lowest BCUT2D eigenvalue weighted by Crippen LogP contribution is -2.24. The molecule has 0 amide bonds. The normalized spacial score (nSPS) is 17.5. The van der Waals surface area contributed by atoms with Crippen LogP contribution in [0.5, 0.6) is 0 Å². The van der Waals surface area contributed by atoms with Crippen LogP contribution < -0.4 is 5.32 Å². The molecule has 0 bridgehead atoms. The summed E-state index contributed by atoms with van der Waals surface area (Å²) in [6.45, 7) is 1.84. The van der Waals surface area contributed by atoms with Crippen molar-refractivity contribution in [2.24, 2.45) is 0 Å². The van der Waals surface area contributed by atoms with Crippen molar-refractivity contribution in [3.8, 4) is 5.69 Å². The highest BCUT2D eigenvalue weighted by molar-refractivity contribution is 5.44. The van der Waals surface area contributed by atoms with E-state index in [2.05, 4.69) is 5.32 Å². The maximum absolute atomic E-state index is 10.8. The van der Waals surface area contributed by atoms with Gasteiger partial charge in [0.05, 0.1) is 22.0 Å². The number of nitro groups is 1. The van der Waals surface area contributed by atoms with Gasteiger partial charge in [0.25, 0.3) is 5.69 Å². The predicted octanol–water partition coefficient (Wildman–Crippen LogP) is 2.30. The van der Waals surface area contributed by atoms with Crippen molar-refractivity contribution in [1.82, 2.24) is 15.1 Å². The van der Waals surface area contributed by atoms with Crippen molar-refractivity contribution in [3.63, 3.8) is 0 Å². The van der Waals surface area contributed by atoms with Gasteiger partial charge in [0.1, 0.15) is 0 Å². The summed E-state index contributed by atoms with van der Waals surface area (Å²) in [4.78, 5) is 10.4. The van der Waals surface area contributed by atoms with E-state index in [9.17, 15) is 10.1 Å². The summed E-state index contributed by atoms with van der Waals surface area (Å²) < 4.78 is 1.98. The van der Waals surface area contributed by atoms with Gasteiger partial charge in [-0.1, -0.05) is 0 Å². The van der Waals surface area contributed by atoms with E-state index in [1.54, 1.807) is 24.3 Å². The number of hydrogen-bond acceptors (Lipinski definition) is 4. The number of aromatic nitrogens is 2. The molecule has 0 unspecified atom stereocenters. The van der Waals surface area contributed by atoms with Crippen LogP contribution in [0.25, 0.3) is 5.69 Å². The Morgan fingerprint density at radius 3 is 2.71 bits per heavy atom. The van der Waals surface area contributed by atoms with Crippen molar-refractivity contribution < 1.29 is 4.92 Å². The van der Waals surface area contributed by atoms with Crippen molar-refractivity contribution in [3.05, 3.63) is 51.3 Å². The molecular formula is C15H16N4O2. The Kier molecular flexibility index (Phi) is 2.78. The lowest BCUT2D eigenvalue weighted by Gasteiger charge is -2.15. The molecule has 2 heterocycles. The first-order chi connectivity index (χ1) is 10.2. The van der Waals surface area contributed by atoms with Gasteiger partial charge in [-0.05, 0) is 25.0 Å². The van der Waals surface area contributed by atoms with Crippen molar-refractivity contribution in [2.75, 3.05) is 6.54 Å². The third-order valence-electron chi connectivity index (χ3n) is 4.23. The Morgan fingerprint density at radius 2 is 2.05 bits per heavy atom. The fraction of sp³-hybridized carbons (Fsp3) is 0.400. The molecule has 1 aromatic heterocycles. The Hall–Kier alpha value is -2.21. The topological polar surface area (TPSA) is 73.0 Å². The first kappa shape index (κ1) is 12.5. The summed E-state index contributed by atoms with van der Waals surface area (Å²) in [6.07, 6.45) is 3.40. The van der Waals surface area contributed by atoms with Gasteiger partial charge >= 0.3 is 0 Å². The second-order valence-electron chi connectivity index (χ2n) is 5.70. The Morgan fingerprint density at radius 1 is 1.29 bits per heavy atom. The number of nitrogens with zero attached hydrogens (tertiary/aromatic N) is 3. The van der Waals surface area contributed by atoms with Gasteiger partial charge in [-0.15, -0.1) is 0 Å². The molecule has 2 aliphatic rings. The minimum absolute atomic E-state index is 0.115. The second kappa shape index (κ2) is 4.66. The number of benzene rings is 1. The largest absolute Gasteiger partial charge is 0.312 e. The fourth-order valence-corrected chi connectivity index (χ4v) is 2.99. The molecule has 21 heavy (non-hydrogen) atoms. The minimum atomic E-state index is -0.373. The molecule has 1 saturated carbocycles. The van der Waals surface area contributed by atoms with E-state index in [-0.39, 0.29) is 10.6 Å². The van der Waals surface area contributed by atoms with E-state index in [0.717, 1.165) is 25.2 Å². The molecule has 0 saturated heterocycles. The second-order valence-corrected chi connectivity index (χ2v) is 5.70. The van der Waals surface area contributed by atoms with E-state index in [1.807, 2.05) is 4.68 Å². The molecule has 4 rings (SSSR count). The maximum atomic E-state index is 10.8. The average molecular weight is 284 g/mol. The zero-order chi connectivity index (χ0) is 14.4. The van der Waals surface area contributed by atoms with Crippen molar-refractivity contribution in [1.29, 1.82) is 0 Å². The van der Waals surface area contributed by atoms with Crippen molar-refractivity contribution in [2.45, 2.75) is 31.7 Å². The monoisotopic (exact) mass is 284 g/mol. The number of nitrogens with one attached hydrogen (secondary N) is 1. The summed E-state index contributed by atoms with van der Waals surface area (Å²) in [5.74, 6) is 0.609. The molecule has 6 nitrogen and oxygen atoms in total. The SMILES string of the molecule is O=[N+]([O-])c1ccc(-n2nc(C3CC3)c3c2CCNC3)cc1. The van der Waals surface area contributed by atoms with Crippen LogP contribution in [-0.4, -0.2) is 21.2 Å². The Balaban J connectivity index is 1.78. The molecule has 1 aliphatic heterocycles. The molecule has 6 heteroatoms. The third-order valence-corrected chi connectivity index (χ3v) is 4.23. The van der Waals surface area contributed by atoms with Crippen molar-refractivity contribution >= 4 is 5.69 Å². The number of fused-ring (bicyclic) bond motifs is 1. The van der Waals surface area contributed by atoms with E-state index in [0.29, 0.717) is 5.92 Å². The summed E-state index contributed by atoms with van der Waals surface area (Å²) >= 11 is 0. The van der Waals surface area contributed by atoms with Gasteiger partial charge in [-0.3, -0.25) is 10.1 Å². The molecule has 0 spiro atoms. The van der Waals surface area contributed by atoms with Gasteiger partial charge in [0, 0.05) is 43.1 Å². The van der Waals surface area contributed by atoms with Gasteiger partial charge in [-0.25, -0.2) is 4.68 Å². The van der Waals surface area contributed by atoms with Gasteiger partial charge < -0.3 is 5.32 Å². The molecule has 1 fully saturated rings. The third kappa shape index (κ3) is 2.12. The molecule has 0 atom stereocenters. The van der Waals surface area contributed by atoms with Crippen LogP contribution in [0, 0.1) is 10.1 Å². The van der Waals surface area contributed by atoms with E-state index in [1.165, 1.54) is 29.8 Å². The van der Waals surface area contributed by atoms with Gasteiger partial charge in [-0.2, -0.15) is 5.10 Å². The van der Waals surface area contributed by atoms with Crippen LogP contribution in [0.4, 0.5) is 5.69 Å². The molecule has 0 radical (unpaired) electrons. The highest BCUT2D eigenvalue weighted by Gasteiger charge is 2.32. The maximum Gasteiger partial charge on any atom is 0.269 e. The summed E-state index contributed by atoms with van der Waals surface area (Å²) in [6, 6.07) is 6.65. The van der Waals surface area contributed by atoms with E-state index < -0.39 is 0 Å². The summed E-state index contributed by atoms with van der Waals surface area (Å²) in [7, 11) is 0. The zero-order valence-electron chi connectivity index (χ0n) is 11.6. The van der Waals surface area contributed by atoms with Crippen LogP contribution in [0.15, 0.2) is 24.3 Å².